The number of benzene rings is 2. The van der Waals surface area contributed by atoms with Crippen LogP contribution in [0.4, 0.5) is 0 Å². The summed E-state index contributed by atoms with van der Waals surface area (Å²) >= 11 is 3.47. The summed E-state index contributed by atoms with van der Waals surface area (Å²) in [4.78, 5) is 11.8. The van der Waals surface area contributed by atoms with E-state index in [1.54, 1.807) is 0 Å². The molecule has 2 aromatic carbocycles. The van der Waals surface area contributed by atoms with Crippen molar-refractivity contribution < 1.29 is 18.1 Å². The average molecular weight is 296 g/mol. The number of carbonyl (C=O) groups excluding carboxylic acids is 1. The molecule has 100 valence electrons. The van der Waals surface area contributed by atoms with Crippen molar-refractivity contribution in [3.63, 3.8) is 0 Å². The Hall–Kier alpha value is -1.60. The van der Waals surface area contributed by atoms with Gasteiger partial charge in [0.1, 0.15) is 0 Å². The van der Waals surface area contributed by atoms with E-state index in [4.69, 9.17) is 13.3 Å². The maximum absolute atomic E-state index is 11.8. The summed E-state index contributed by atoms with van der Waals surface area (Å²) in [5, 5.41) is 0. The van der Waals surface area contributed by atoms with Crippen molar-refractivity contribution in [2.45, 2.75) is 0 Å². The number of ketones is 1. The first-order chi connectivity index (χ1) is 8.88. The zero-order valence-electron chi connectivity index (χ0n) is 9.80. The maximum atomic E-state index is 11.8. The zero-order chi connectivity index (χ0) is 14.3. The highest BCUT2D eigenvalue weighted by Gasteiger charge is 2.06. The second kappa shape index (κ2) is 7.10. The van der Waals surface area contributed by atoms with Gasteiger partial charge in [-0.15, -0.1) is 0 Å². The third-order valence-electron chi connectivity index (χ3n) is 2.07. The van der Waals surface area contributed by atoms with Crippen molar-refractivity contribution >= 4 is 26.0 Å². The Morgan fingerprint density at radius 2 is 1.11 bits per heavy atom. The molecule has 0 atom stereocenters. The van der Waals surface area contributed by atoms with Crippen molar-refractivity contribution in [2.75, 3.05) is 0 Å². The second-order valence-electron chi connectivity index (χ2n) is 3.51. The third kappa shape index (κ3) is 6.78. The first kappa shape index (κ1) is 15.5. The summed E-state index contributed by atoms with van der Waals surface area (Å²) < 4.78 is 24.0. The van der Waals surface area contributed by atoms with E-state index in [9.17, 15) is 4.79 Å². The van der Waals surface area contributed by atoms with E-state index in [2.05, 4.69) is 11.2 Å². The molecule has 4 nitrogen and oxygen atoms in total. The molecule has 0 bridgehead atoms. The Kier molecular flexibility index (Phi) is 5.78. The van der Waals surface area contributed by atoms with Gasteiger partial charge in [0.15, 0.2) is 5.78 Å². The number of hydrogen-bond acceptors (Lipinski definition) is 3. The zero-order valence-corrected chi connectivity index (χ0v) is 11.4. The monoisotopic (exact) mass is 296 g/mol. The standard InChI is InChI=1S/C13H10O.H2O3S2/c14-13(11-7-3-1-4-8-11)12-9-5-2-6-10-12;1-5(2,3)4/h1-10H;(H2,1,2,3,4). The lowest BCUT2D eigenvalue weighted by Crippen LogP contribution is -1.99. The molecule has 0 amide bonds. The maximum Gasteiger partial charge on any atom is 0.263 e. The van der Waals surface area contributed by atoms with E-state index in [-0.39, 0.29) is 5.78 Å². The molecular weight excluding hydrogens is 284 g/mol. The predicted molar refractivity (Wildman–Crippen MR) is 77.1 cm³/mol. The molecule has 0 saturated heterocycles. The van der Waals surface area contributed by atoms with E-state index in [1.807, 2.05) is 60.7 Å². The SMILES string of the molecule is O=C(c1ccccc1)c1ccccc1.O=S(O)(O)=S. The molecule has 2 rings (SSSR count). The van der Waals surface area contributed by atoms with Crippen LogP contribution < -0.4 is 0 Å². The summed E-state index contributed by atoms with van der Waals surface area (Å²) in [6.45, 7) is 0. The number of carbonyl (C=O) groups is 1. The third-order valence-corrected chi connectivity index (χ3v) is 2.07. The van der Waals surface area contributed by atoms with Crippen molar-refractivity contribution in [3.8, 4) is 0 Å². The van der Waals surface area contributed by atoms with Gasteiger partial charge in [-0.3, -0.25) is 13.9 Å². The van der Waals surface area contributed by atoms with Crippen LogP contribution in [0.15, 0.2) is 60.7 Å². The van der Waals surface area contributed by atoms with Crippen LogP contribution in [0.5, 0.6) is 0 Å². The molecule has 0 aliphatic heterocycles. The number of hydrogen-bond donors (Lipinski definition) is 2. The van der Waals surface area contributed by atoms with Gasteiger partial charge in [-0.25, -0.2) is 0 Å². The van der Waals surface area contributed by atoms with Gasteiger partial charge in [-0.2, -0.15) is 4.21 Å². The largest absolute Gasteiger partial charge is 0.289 e. The van der Waals surface area contributed by atoms with Gasteiger partial charge in [0, 0.05) is 22.3 Å². The van der Waals surface area contributed by atoms with Crippen LogP contribution >= 0.6 is 0 Å². The quantitative estimate of drug-likeness (QED) is 0.833. The molecule has 2 aromatic rings. The predicted octanol–water partition coefficient (Wildman–Crippen LogP) is 2.60. The molecule has 0 fully saturated rings. The van der Waals surface area contributed by atoms with Crippen LogP contribution in [0.3, 0.4) is 0 Å². The minimum Gasteiger partial charge on any atom is -0.289 e. The highest BCUT2D eigenvalue weighted by atomic mass is 32.9. The van der Waals surface area contributed by atoms with Gasteiger partial charge in [-0.1, -0.05) is 60.7 Å². The molecule has 0 aliphatic carbocycles. The van der Waals surface area contributed by atoms with Crippen LogP contribution in [0.25, 0.3) is 0 Å². The van der Waals surface area contributed by atoms with Crippen molar-refractivity contribution in [2.24, 2.45) is 0 Å². The average Bonchev–Trinajstić information content (AvgIpc) is 2.38. The molecule has 0 unspecified atom stereocenters. The smallest absolute Gasteiger partial charge is 0.263 e. The van der Waals surface area contributed by atoms with Crippen LogP contribution in [0.2, 0.25) is 0 Å². The minimum absolute atomic E-state index is 0.0752. The van der Waals surface area contributed by atoms with Crippen LogP contribution in [0, 0.1) is 0 Å². The Labute approximate surface area is 116 Å². The molecule has 0 aromatic heterocycles. The highest BCUT2D eigenvalue weighted by molar-refractivity contribution is 8.26. The van der Waals surface area contributed by atoms with Gasteiger partial charge in [0.25, 0.3) is 9.05 Å². The molecule has 0 aliphatic rings. The second-order valence-corrected chi connectivity index (χ2v) is 5.71. The van der Waals surface area contributed by atoms with Crippen LogP contribution in [0.1, 0.15) is 15.9 Å². The van der Waals surface area contributed by atoms with Crippen molar-refractivity contribution in [1.29, 1.82) is 0 Å². The highest BCUT2D eigenvalue weighted by Crippen LogP contribution is 2.08. The first-order valence-corrected chi connectivity index (χ1v) is 7.62. The van der Waals surface area contributed by atoms with E-state index in [0.29, 0.717) is 0 Å². The summed E-state index contributed by atoms with van der Waals surface area (Å²) in [6.07, 6.45) is 0. The van der Waals surface area contributed by atoms with E-state index >= 15 is 0 Å². The Morgan fingerprint density at radius 1 is 0.842 bits per heavy atom. The molecule has 6 heteroatoms. The van der Waals surface area contributed by atoms with E-state index in [0.717, 1.165) is 11.1 Å². The van der Waals surface area contributed by atoms with Gasteiger partial charge in [0.05, 0.1) is 0 Å². The van der Waals surface area contributed by atoms with Gasteiger partial charge >= 0.3 is 0 Å². The van der Waals surface area contributed by atoms with Gasteiger partial charge < -0.3 is 0 Å². The van der Waals surface area contributed by atoms with Gasteiger partial charge in [-0.05, 0) is 0 Å². The van der Waals surface area contributed by atoms with E-state index in [1.165, 1.54) is 0 Å². The lowest BCUT2D eigenvalue weighted by atomic mass is 10.0. The fourth-order valence-electron chi connectivity index (χ4n) is 1.35. The molecule has 0 spiro atoms. The Morgan fingerprint density at radius 3 is 1.37 bits per heavy atom. The molecule has 0 radical (unpaired) electrons. The fourth-order valence-corrected chi connectivity index (χ4v) is 1.35. The Bertz CT molecular complexity index is 573. The number of rotatable bonds is 2. The molecule has 2 N–H and O–H groups in total. The van der Waals surface area contributed by atoms with Crippen molar-refractivity contribution in [1.82, 2.24) is 0 Å². The summed E-state index contributed by atoms with van der Waals surface area (Å²) in [6, 6.07) is 18.6. The molecule has 19 heavy (non-hydrogen) atoms. The lowest BCUT2D eigenvalue weighted by molar-refractivity contribution is 0.103. The summed E-state index contributed by atoms with van der Waals surface area (Å²) in [5.74, 6) is 0.0752. The molecule has 0 saturated carbocycles. The normalized spacial score (nSPS) is 10.2. The fraction of sp³-hybridized carbons (Fsp3) is 0. The molecular formula is C13H12O4S2. The lowest BCUT2D eigenvalue weighted by Gasteiger charge is -1.99. The van der Waals surface area contributed by atoms with Gasteiger partial charge in [0.2, 0.25) is 0 Å². The van der Waals surface area contributed by atoms with Crippen molar-refractivity contribution in [3.05, 3.63) is 71.8 Å². The van der Waals surface area contributed by atoms with E-state index < -0.39 is 9.05 Å². The molecule has 0 heterocycles. The summed E-state index contributed by atoms with van der Waals surface area (Å²) in [5.41, 5.74) is 1.47. The topological polar surface area (TPSA) is 74.6 Å². The summed E-state index contributed by atoms with van der Waals surface area (Å²) in [7, 11) is -3.83. The Balaban J connectivity index is 0.000000312. The van der Waals surface area contributed by atoms with Crippen LogP contribution in [-0.4, -0.2) is 19.1 Å². The minimum atomic E-state index is -3.83. The first-order valence-electron chi connectivity index (χ1n) is 5.22. The van der Waals surface area contributed by atoms with Crippen LogP contribution in [-0.2, 0) is 20.2 Å².